The average molecular weight is 255 g/mol. The lowest BCUT2D eigenvalue weighted by Gasteiger charge is -2.20. The van der Waals surface area contributed by atoms with Crippen LogP contribution >= 0.6 is 0 Å². The van der Waals surface area contributed by atoms with Crippen molar-refractivity contribution in [1.82, 2.24) is 0 Å². The minimum Gasteiger partial charge on any atom is -0.495 e. The van der Waals surface area contributed by atoms with Gasteiger partial charge in [-0.15, -0.1) is 0 Å². The van der Waals surface area contributed by atoms with E-state index < -0.39 is 10.0 Å². The van der Waals surface area contributed by atoms with Crippen LogP contribution in [-0.2, 0) is 10.0 Å². The highest BCUT2D eigenvalue weighted by Gasteiger charge is 2.17. The molecule has 0 spiro atoms. The van der Waals surface area contributed by atoms with E-state index in [0.717, 1.165) is 17.4 Å². The molecule has 0 heterocycles. The molecular weight excluding hydrogens is 238 g/mol. The van der Waals surface area contributed by atoms with Crippen LogP contribution in [0.2, 0.25) is 0 Å². The topological polar surface area (TPSA) is 46.6 Å². The number of benzene rings is 1. The summed E-state index contributed by atoms with van der Waals surface area (Å²) in [6.45, 7) is 5.70. The Morgan fingerprint density at radius 1 is 1.41 bits per heavy atom. The summed E-state index contributed by atoms with van der Waals surface area (Å²) in [6, 6.07) is 5.34. The van der Waals surface area contributed by atoms with Crippen LogP contribution in [0, 0.1) is 0 Å². The second-order valence-electron chi connectivity index (χ2n) is 3.90. The van der Waals surface area contributed by atoms with Crippen molar-refractivity contribution in [2.24, 2.45) is 0 Å². The van der Waals surface area contributed by atoms with Gasteiger partial charge in [-0.2, -0.15) is 0 Å². The number of nitrogens with zero attached hydrogens (tertiary/aromatic N) is 1. The van der Waals surface area contributed by atoms with Crippen LogP contribution in [0.1, 0.15) is 12.5 Å². The summed E-state index contributed by atoms with van der Waals surface area (Å²) < 4.78 is 29.4. The first-order valence-electron chi connectivity index (χ1n) is 5.05. The van der Waals surface area contributed by atoms with Crippen molar-refractivity contribution in [3.63, 3.8) is 0 Å². The van der Waals surface area contributed by atoms with E-state index in [2.05, 4.69) is 6.58 Å². The van der Waals surface area contributed by atoms with Gasteiger partial charge in [-0.3, -0.25) is 4.31 Å². The standard InChI is InChI=1S/C12H17NO3S/c1-9(2)10-6-7-12(16-4)11(8-10)13(3)17(5,14)15/h6-8H,1H2,2-5H3. The van der Waals surface area contributed by atoms with Crippen LogP contribution in [0.4, 0.5) is 5.69 Å². The van der Waals surface area contributed by atoms with E-state index in [1.54, 1.807) is 12.1 Å². The lowest BCUT2D eigenvalue weighted by atomic mass is 10.1. The Bertz CT molecular complexity index is 535. The number of ether oxygens (including phenoxy) is 1. The van der Waals surface area contributed by atoms with Gasteiger partial charge < -0.3 is 4.74 Å². The number of hydrogen-bond acceptors (Lipinski definition) is 3. The van der Waals surface area contributed by atoms with Crippen LogP contribution in [-0.4, -0.2) is 28.8 Å². The van der Waals surface area contributed by atoms with Gasteiger partial charge >= 0.3 is 0 Å². The van der Waals surface area contributed by atoms with E-state index in [1.807, 2.05) is 13.0 Å². The van der Waals surface area contributed by atoms with Gasteiger partial charge in [-0.05, 0) is 24.6 Å². The quantitative estimate of drug-likeness (QED) is 0.828. The van der Waals surface area contributed by atoms with Crippen molar-refractivity contribution in [3.8, 4) is 5.75 Å². The molecule has 0 aliphatic heterocycles. The van der Waals surface area contributed by atoms with Gasteiger partial charge in [-0.1, -0.05) is 18.2 Å². The van der Waals surface area contributed by atoms with Gasteiger partial charge in [0.2, 0.25) is 10.0 Å². The van der Waals surface area contributed by atoms with E-state index in [0.29, 0.717) is 11.4 Å². The predicted molar refractivity (Wildman–Crippen MR) is 70.9 cm³/mol. The Balaban J connectivity index is 3.38. The Labute approximate surface area is 103 Å². The van der Waals surface area contributed by atoms with Gasteiger partial charge in [0.25, 0.3) is 0 Å². The van der Waals surface area contributed by atoms with Crippen LogP contribution in [0.15, 0.2) is 24.8 Å². The van der Waals surface area contributed by atoms with E-state index >= 15 is 0 Å². The predicted octanol–water partition coefficient (Wildman–Crippen LogP) is 2.12. The second kappa shape index (κ2) is 4.79. The highest BCUT2D eigenvalue weighted by atomic mass is 32.2. The van der Waals surface area contributed by atoms with Crippen molar-refractivity contribution in [2.45, 2.75) is 6.92 Å². The molecule has 4 nitrogen and oxygen atoms in total. The molecule has 17 heavy (non-hydrogen) atoms. The van der Waals surface area contributed by atoms with Gasteiger partial charge in [-0.25, -0.2) is 8.42 Å². The third kappa shape index (κ3) is 3.00. The summed E-state index contributed by atoms with van der Waals surface area (Å²) in [7, 11) is -0.303. The summed E-state index contributed by atoms with van der Waals surface area (Å²) in [5, 5.41) is 0. The third-order valence-corrected chi connectivity index (χ3v) is 3.70. The number of rotatable bonds is 4. The molecule has 0 aliphatic rings. The summed E-state index contributed by atoms with van der Waals surface area (Å²) in [4.78, 5) is 0. The van der Waals surface area contributed by atoms with Crippen LogP contribution in [0.3, 0.4) is 0 Å². The molecule has 0 unspecified atom stereocenters. The lowest BCUT2D eigenvalue weighted by Crippen LogP contribution is -2.25. The molecule has 0 fully saturated rings. The van der Waals surface area contributed by atoms with Crippen molar-refractivity contribution in [3.05, 3.63) is 30.3 Å². The Kier molecular flexibility index (Phi) is 3.83. The maximum atomic E-state index is 11.5. The normalized spacial score (nSPS) is 11.1. The minimum absolute atomic E-state index is 0.510. The van der Waals surface area contributed by atoms with Gasteiger partial charge in [0.15, 0.2) is 0 Å². The van der Waals surface area contributed by atoms with Crippen LogP contribution < -0.4 is 9.04 Å². The van der Waals surface area contributed by atoms with Gasteiger partial charge in [0.05, 0.1) is 19.1 Å². The lowest BCUT2D eigenvalue weighted by molar-refractivity contribution is 0.416. The molecule has 0 saturated carbocycles. The number of anilines is 1. The highest BCUT2D eigenvalue weighted by Crippen LogP contribution is 2.31. The molecule has 0 radical (unpaired) electrons. The molecule has 0 bridgehead atoms. The number of methoxy groups -OCH3 is 1. The van der Waals surface area contributed by atoms with E-state index in [9.17, 15) is 8.42 Å². The molecule has 1 rings (SSSR count). The van der Waals surface area contributed by atoms with Gasteiger partial charge in [0.1, 0.15) is 5.75 Å². The fraction of sp³-hybridized carbons (Fsp3) is 0.333. The summed E-state index contributed by atoms with van der Waals surface area (Å²) in [5.74, 6) is 0.517. The van der Waals surface area contributed by atoms with Crippen molar-refractivity contribution < 1.29 is 13.2 Å². The average Bonchev–Trinajstić information content (AvgIpc) is 2.25. The summed E-state index contributed by atoms with van der Waals surface area (Å²) in [6.07, 6.45) is 1.15. The SMILES string of the molecule is C=C(C)c1ccc(OC)c(N(C)S(C)(=O)=O)c1. The zero-order chi connectivity index (χ0) is 13.2. The largest absolute Gasteiger partial charge is 0.495 e. The third-order valence-electron chi connectivity index (χ3n) is 2.51. The Hall–Kier alpha value is -1.49. The van der Waals surface area contributed by atoms with E-state index in [-0.39, 0.29) is 0 Å². The zero-order valence-corrected chi connectivity index (χ0v) is 11.3. The van der Waals surface area contributed by atoms with Crippen LogP contribution in [0.25, 0.3) is 5.57 Å². The highest BCUT2D eigenvalue weighted by molar-refractivity contribution is 7.92. The molecule has 1 aromatic rings. The number of hydrogen-bond donors (Lipinski definition) is 0. The minimum atomic E-state index is -3.31. The fourth-order valence-electron chi connectivity index (χ4n) is 1.38. The second-order valence-corrected chi connectivity index (χ2v) is 5.91. The molecule has 94 valence electrons. The summed E-state index contributed by atoms with van der Waals surface area (Å²) in [5.41, 5.74) is 2.27. The first kappa shape index (κ1) is 13.6. The number of allylic oxidation sites excluding steroid dienone is 1. The van der Waals surface area contributed by atoms with Crippen molar-refractivity contribution in [1.29, 1.82) is 0 Å². The molecule has 0 atom stereocenters. The smallest absolute Gasteiger partial charge is 0.232 e. The molecule has 0 aromatic heterocycles. The van der Waals surface area contributed by atoms with E-state index in [1.165, 1.54) is 18.5 Å². The Morgan fingerprint density at radius 3 is 2.41 bits per heavy atom. The molecule has 1 aromatic carbocycles. The van der Waals surface area contributed by atoms with Crippen molar-refractivity contribution in [2.75, 3.05) is 24.7 Å². The van der Waals surface area contributed by atoms with Gasteiger partial charge in [0, 0.05) is 7.05 Å². The van der Waals surface area contributed by atoms with Crippen LogP contribution in [0.5, 0.6) is 5.75 Å². The first-order chi connectivity index (χ1) is 7.77. The monoisotopic (exact) mass is 255 g/mol. The zero-order valence-electron chi connectivity index (χ0n) is 10.5. The molecule has 0 saturated heterocycles. The molecule has 5 heteroatoms. The molecule has 0 aliphatic carbocycles. The molecule has 0 amide bonds. The summed E-state index contributed by atoms with van der Waals surface area (Å²) >= 11 is 0. The number of sulfonamides is 1. The van der Waals surface area contributed by atoms with E-state index in [4.69, 9.17) is 4.74 Å². The maximum absolute atomic E-state index is 11.5. The fourth-order valence-corrected chi connectivity index (χ4v) is 1.88. The van der Waals surface area contributed by atoms with Crippen molar-refractivity contribution >= 4 is 21.3 Å². The maximum Gasteiger partial charge on any atom is 0.232 e. The first-order valence-corrected chi connectivity index (χ1v) is 6.90. The molecule has 0 N–H and O–H groups in total. The molecular formula is C12H17NO3S. The Morgan fingerprint density at radius 2 is 2.00 bits per heavy atom.